The molecule has 0 aromatic rings. The molecule has 10 rings (SSSR count). The van der Waals surface area contributed by atoms with E-state index in [2.05, 4.69) is 78.9 Å². The van der Waals surface area contributed by atoms with Crippen LogP contribution in [0.4, 0.5) is 0 Å². The van der Waals surface area contributed by atoms with Gasteiger partial charge in [0.25, 0.3) is 0 Å². The largest absolute Gasteiger partial charge is 0.466 e. The lowest BCUT2D eigenvalue weighted by Gasteiger charge is -2.69. The quantitative estimate of drug-likeness (QED) is 0.139. The van der Waals surface area contributed by atoms with Crippen LogP contribution >= 0.6 is 0 Å². The van der Waals surface area contributed by atoms with Crippen LogP contribution < -0.4 is 0 Å². The van der Waals surface area contributed by atoms with Gasteiger partial charge in [-0.25, -0.2) is 9.69 Å². The average molecular weight is 1120 g/mol. The molecule has 10 aliphatic rings. The molecule has 0 aromatic carbocycles. The Labute approximate surface area is 494 Å². The van der Waals surface area contributed by atoms with Gasteiger partial charge in [0.15, 0.2) is 23.1 Å². The maximum atomic E-state index is 14.6. The fourth-order valence-electron chi connectivity index (χ4n) is 21.6. The maximum absolute atomic E-state index is 14.6. The van der Waals surface area contributed by atoms with Gasteiger partial charge in [0, 0.05) is 49.3 Å². The fourth-order valence-corrected chi connectivity index (χ4v) is 21.6. The van der Waals surface area contributed by atoms with E-state index in [0.29, 0.717) is 24.9 Å². The van der Waals surface area contributed by atoms with Crippen molar-refractivity contribution in [3.8, 4) is 0 Å². The van der Waals surface area contributed by atoms with Crippen molar-refractivity contribution in [2.45, 2.75) is 247 Å². The molecule has 0 aliphatic heterocycles. The molecule has 10 aliphatic carbocycles. The average Bonchev–Trinajstić information content (AvgIpc) is 0.735. The Morgan fingerprint density at radius 1 is 0.605 bits per heavy atom. The van der Waals surface area contributed by atoms with E-state index in [1.807, 2.05) is 58.9 Å². The van der Waals surface area contributed by atoms with E-state index in [4.69, 9.17) is 20.6 Å². The topological polar surface area (TPSA) is 124 Å². The van der Waals surface area contributed by atoms with Gasteiger partial charge in [-0.15, -0.1) is 0 Å². The van der Waals surface area contributed by atoms with Crippen LogP contribution in [0.2, 0.25) is 0 Å². The first-order valence-corrected chi connectivity index (χ1v) is 31.2. The van der Waals surface area contributed by atoms with Gasteiger partial charge in [0.05, 0.1) is 19.8 Å². The summed E-state index contributed by atoms with van der Waals surface area (Å²) >= 11 is 0. The van der Waals surface area contributed by atoms with Crippen LogP contribution in [0.15, 0.2) is 46.8 Å². The number of ketones is 4. The number of rotatable bonds is 9. The summed E-state index contributed by atoms with van der Waals surface area (Å²) in [7, 11) is 2.50. The lowest BCUT2D eigenvalue weighted by atomic mass is 9.34. The maximum Gasteiger partial charge on any atom is 0.305 e. The second-order valence-corrected chi connectivity index (χ2v) is 32.1. The Kier molecular flexibility index (Phi) is 16.1. The van der Waals surface area contributed by atoms with E-state index in [1.54, 1.807) is 0 Å². The molecule has 14 atom stereocenters. The van der Waals surface area contributed by atoms with Gasteiger partial charge in [-0.1, -0.05) is 142 Å². The van der Waals surface area contributed by atoms with Crippen LogP contribution in [0.3, 0.4) is 0 Å². The van der Waals surface area contributed by atoms with Crippen LogP contribution in [0.25, 0.3) is 9.69 Å². The van der Waals surface area contributed by atoms with Crippen molar-refractivity contribution in [2.75, 3.05) is 13.2 Å². The number of carbonyl (C=O) groups is 5. The van der Waals surface area contributed by atoms with E-state index in [1.165, 1.54) is 38.8 Å². The van der Waals surface area contributed by atoms with Crippen LogP contribution in [0, 0.1) is 114 Å². The Bertz CT molecular complexity index is 2800. The van der Waals surface area contributed by atoms with Gasteiger partial charge in [-0.3, -0.25) is 14.4 Å². The third-order valence-corrected chi connectivity index (χ3v) is 26.4. The molecule has 0 aromatic heterocycles. The minimum Gasteiger partial charge on any atom is -0.466 e. The van der Waals surface area contributed by atoms with Gasteiger partial charge >= 0.3 is 5.97 Å². The zero-order valence-corrected chi connectivity index (χ0v) is 53.6. The summed E-state index contributed by atoms with van der Waals surface area (Å²) in [5, 5.41) is 9.73. The predicted octanol–water partition coefficient (Wildman–Crippen LogP) is 17.3. The number of hydrogen-bond donors (Lipinski definition) is 1. The molecule has 0 saturated heterocycles. The smallest absolute Gasteiger partial charge is 0.305 e. The number of allylic oxidation sites excluding steroid dienone is 8. The number of ether oxygens (including phenoxy) is 1. The van der Waals surface area contributed by atoms with Crippen LogP contribution in [-0.2, 0) is 28.7 Å². The van der Waals surface area contributed by atoms with Crippen molar-refractivity contribution < 1.29 is 36.6 Å². The van der Waals surface area contributed by atoms with Crippen LogP contribution in [-0.4, -0.2) is 47.4 Å². The molecule has 0 unspecified atom stereocenters. The van der Waals surface area contributed by atoms with E-state index in [9.17, 15) is 29.1 Å². The highest BCUT2D eigenvalue weighted by atomic mass is 16.5. The first-order chi connectivity index (χ1) is 38.6. The second-order valence-electron chi connectivity index (χ2n) is 32.1. The number of hydrogen-bond acceptors (Lipinski definition) is 7. The summed E-state index contributed by atoms with van der Waals surface area (Å²) in [6, 6.07) is 0. The van der Waals surface area contributed by atoms with E-state index >= 15 is 0 Å². The summed E-state index contributed by atoms with van der Waals surface area (Å²) in [5.41, 5.74) is 0.615. The lowest BCUT2D eigenvalue weighted by Crippen LogP contribution is -2.64. The second kappa shape index (κ2) is 21.2. The number of esters is 1. The highest BCUT2D eigenvalue weighted by Crippen LogP contribution is 2.77. The van der Waals surface area contributed by atoms with Crippen molar-refractivity contribution in [3.05, 3.63) is 69.7 Å². The first-order valence-electron chi connectivity index (χ1n) is 33.2. The summed E-state index contributed by atoms with van der Waals surface area (Å²) in [4.78, 5) is 75.0. The molecule has 0 bridgehead atoms. The first kappa shape index (κ1) is 61.6. The Morgan fingerprint density at radius 2 is 0.988 bits per heavy atom. The fraction of sp³-hybridized carbons (Fsp3) is 0.792. The van der Waals surface area contributed by atoms with Gasteiger partial charge in [0.2, 0.25) is 11.4 Å². The molecule has 1 N–H and O–H groups in total. The van der Waals surface area contributed by atoms with E-state index < -0.39 is 21.7 Å². The zero-order valence-electron chi connectivity index (χ0n) is 55.6. The van der Waals surface area contributed by atoms with Crippen molar-refractivity contribution in [3.63, 3.8) is 0 Å². The highest BCUT2D eigenvalue weighted by molar-refractivity contribution is 6.04. The molecule has 0 radical (unpaired) electrons. The third-order valence-electron chi connectivity index (χ3n) is 26.4. The summed E-state index contributed by atoms with van der Waals surface area (Å²) in [6.45, 7) is 49.8. The number of Topliss-reactive ketones (excluding diaryl/α,β-unsaturated/α-hetero) is 2. The normalized spacial score (nSPS) is 42.7. The summed E-state index contributed by atoms with van der Waals surface area (Å²) in [5.74, 6) is 1.10. The van der Waals surface area contributed by atoms with Crippen LogP contribution in [0.1, 0.15) is 250 Å². The number of nitrogens with zero attached hydrogens (tertiary/aromatic N) is 2. The highest BCUT2D eigenvalue weighted by Gasteiger charge is 2.72. The molecule has 0 heterocycles. The number of fused-ring (bicyclic) bond motifs is 14. The molecule has 6 fully saturated rings. The van der Waals surface area contributed by atoms with Crippen molar-refractivity contribution in [2.24, 2.45) is 100 Å². The Morgan fingerprint density at radius 3 is 1.36 bits per heavy atom. The molecule has 9 nitrogen and oxygen atoms in total. The monoisotopic (exact) mass is 1120 g/mol. The van der Waals surface area contributed by atoms with Crippen LogP contribution in [0.5, 0.6) is 0 Å². The van der Waals surface area contributed by atoms with Gasteiger partial charge in [-0.2, -0.15) is 0 Å². The molecule has 6 saturated carbocycles. The molecule has 448 valence electrons. The summed E-state index contributed by atoms with van der Waals surface area (Å²) in [6.07, 6.45) is 27.7. The zero-order chi connectivity index (χ0) is 62.2. The molecule has 0 spiro atoms. The van der Waals surface area contributed by atoms with Crippen molar-refractivity contribution in [1.82, 2.24) is 0 Å². The lowest BCUT2D eigenvalue weighted by molar-refractivity contribution is -0.173. The molecule has 81 heavy (non-hydrogen) atoms. The molecule has 9 heteroatoms. The Balaban J connectivity index is 0.000000227. The van der Waals surface area contributed by atoms with Crippen molar-refractivity contribution in [1.29, 1.82) is 0 Å². The third kappa shape index (κ3) is 9.45. The van der Waals surface area contributed by atoms with Crippen molar-refractivity contribution >= 4 is 29.1 Å². The molecule has 0 amide bonds. The minimum absolute atomic E-state index is 0.00374. The minimum atomic E-state index is -0.637. The van der Waals surface area contributed by atoms with Gasteiger partial charge in [0.1, 0.15) is 0 Å². The summed E-state index contributed by atoms with van der Waals surface area (Å²) < 4.78 is 17.1. The van der Waals surface area contributed by atoms with E-state index in [0.717, 1.165) is 109 Å². The predicted molar refractivity (Wildman–Crippen MR) is 325 cm³/mol. The van der Waals surface area contributed by atoms with Gasteiger partial charge < -0.3 is 19.4 Å². The number of carbonyl (C=O) groups excluding carboxylic acids is 5. The van der Waals surface area contributed by atoms with E-state index in [-0.39, 0.29) is 114 Å². The molecular weight excluding hydrogens is 1000 g/mol. The number of aliphatic hydroxyl groups excluding tert-OH is 1. The number of aliphatic hydroxyl groups is 1. The SMILES string of the molecule is [3H]C.[3H]C.[C-]#[N+]C1=C[C@]2(C)C3=CC(=O)[C@@H]4[C@@H]5CC(C)(C)CC[C@]5(CCCO)CC[C@@]4(C)[C@]3(C)CC[C@H]2C(C)(C)C1=O.[C-]#[N+]C1=C[C@]2(C)C3=CC(=O)[C@@H]4[C@@H]5CC(C)(C)CC[C@]5(CCCOC(=O)CCC)CC[C@@]4(C)[C@]3(C)CC[C@H]2C(C)(C)C1=O. The van der Waals surface area contributed by atoms with Gasteiger partial charge in [-0.05, 0) is 201 Å². The molecular formula is C72H108N2O7. The standard InChI is InChI=1S/C37H53NO4.C33H47NO3.2CH4/c1-10-12-29(40)42-20-11-14-37-18-16-32(2,3)22-24(37)30-26(39)21-28-34(6)23-25(38-9)31(41)33(4,5)27(34)13-15-35(28,7)36(30,8)17-19-37;1-28(2)13-15-33(11-9-17-35)16-14-32(7)26(21(33)19-28)23(36)18-25-30(5)20-22(34-8)27(37)29(3,4)24(30)10-12-31(25,32)6;;/h21,23-24,27,30H,10-20,22H2,1-8H3;18,20-21,24,26,35H,9-17,19H2,1-7H3;2*1H4/t24-,27-,30-,34-,35+,36+,37+;21-,24-,26-,30-,31+,32+,33+;;/m00../s1/i;;2*1T. The Hall–Kier alpha value is -3.95.